The number of hydrogen-bond acceptors (Lipinski definition) is 5. The van der Waals surface area contributed by atoms with Crippen molar-refractivity contribution in [2.75, 3.05) is 37.4 Å². The highest BCUT2D eigenvalue weighted by atomic mass is 35.5. The number of likely N-dealkylation sites (N-methyl/N-ethyl adjacent to an activating group) is 1. The summed E-state index contributed by atoms with van der Waals surface area (Å²) in [5.74, 6) is -0.240. The first-order valence-corrected chi connectivity index (χ1v) is 10.7. The van der Waals surface area contributed by atoms with Gasteiger partial charge in [0.2, 0.25) is 5.56 Å². The average Bonchev–Trinajstić information content (AvgIpc) is 3.15. The number of anilines is 2. The zero-order chi connectivity index (χ0) is 22.1. The van der Waals surface area contributed by atoms with Crippen molar-refractivity contribution in [3.05, 3.63) is 63.2 Å². The first kappa shape index (κ1) is 21.3. The predicted octanol–water partition coefficient (Wildman–Crippen LogP) is 3.67. The van der Waals surface area contributed by atoms with Crippen LogP contribution in [0.15, 0.2) is 41.3 Å². The van der Waals surface area contributed by atoms with Crippen molar-refractivity contribution in [2.24, 2.45) is 0 Å². The summed E-state index contributed by atoms with van der Waals surface area (Å²) in [6.07, 6.45) is 3.84. The lowest BCUT2D eigenvalue weighted by molar-refractivity contribution is 0.102. The first-order chi connectivity index (χ1) is 14.8. The fraction of sp³-hybridized carbons (Fsp3) is 0.348. The molecule has 0 radical (unpaired) electrons. The fourth-order valence-electron chi connectivity index (χ4n) is 4.30. The van der Waals surface area contributed by atoms with Gasteiger partial charge in [0, 0.05) is 41.8 Å². The Hall–Kier alpha value is -2.90. The lowest BCUT2D eigenvalue weighted by atomic mass is 10.1. The smallest absolute Gasteiger partial charge is 0.257 e. The summed E-state index contributed by atoms with van der Waals surface area (Å²) in [5, 5.41) is 4.15. The molecule has 3 heterocycles. The molecular formula is C23H26ClN5O2. The third-order valence-corrected chi connectivity index (χ3v) is 5.87. The van der Waals surface area contributed by atoms with E-state index in [9.17, 15) is 9.59 Å². The minimum atomic E-state index is -0.240. The normalized spacial score (nSPS) is 16.3. The first-order valence-electron chi connectivity index (χ1n) is 10.3. The highest BCUT2D eigenvalue weighted by Crippen LogP contribution is 2.31. The molecule has 0 spiro atoms. The number of pyridine rings is 2. The van der Waals surface area contributed by atoms with E-state index in [1.807, 2.05) is 13.0 Å². The van der Waals surface area contributed by atoms with Crippen LogP contribution in [0.3, 0.4) is 0 Å². The van der Waals surface area contributed by atoms with E-state index in [2.05, 4.69) is 39.2 Å². The van der Waals surface area contributed by atoms with Crippen LogP contribution in [0.4, 0.5) is 11.4 Å². The van der Waals surface area contributed by atoms with Crippen LogP contribution in [0.5, 0.6) is 0 Å². The van der Waals surface area contributed by atoms with Crippen molar-refractivity contribution >= 4 is 39.8 Å². The van der Waals surface area contributed by atoms with Crippen LogP contribution in [0, 0.1) is 6.92 Å². The number of fused-ring (bicyclic) bond motifs is 1. The number of H-pyrrole nitrogens is 1. The molecule has 2 N–H and O–H groups in total. The molecule has 2 aromatic heterocycles. The van der Waals surface area contributed by atoms with Crippen molar-refractivity contribution in [3.63, 3.8) is 0 Å². The van der Waals surface area contributed by atoms with Gasteiger partial charge < -0.3 is 20.1 Å². The number of carbonyl (C=O) groups excluding carboxylic acids is 1. The Balaban J connectivity index is 1.65. The van der Waals surface area contributed by atoms with Gasteiger partial charge in [-0.25, -0.2) is 4.98 Å². The second-order valence-corrected chi connectivity index (χ2v) is 8.69. The van der Waals surface area contributed by atoms with Gasteiger partial charge in [-0.3, -0.25) is 9.59 Å². The number of nitrogens with one attached hydrogen (secondary N) is 2. The Morgan fingerprint density at radius 3 is 2.90 bits per heavy atom. The van der Waals surface area contributed by atoms with Gasteiger partial charge in [-0.05, 0) is 63.7 Å². The number of hydrogen-bond donors (Lipinski definition) is 2. The maximum atomic E-state index is 13.3. The molecule has 3 aromatic rings. The predicted molar refractivity (Wildman–Crippen MR) is 125 cm³/mol. The number of benzene rings is 1. The molecule has 7 nitrogen and oxygen atoms in total. The number of rotatable bonds is 5. The van der Waals surface area contributed by atoms with E-state index in [4.69, 9.17) is 11.6 Å². The highest BCUT2D eigenvalue weighted by molar-refractivity contribution is 6.30. The van der Waals surface area contributed by atoms with Crippen LogP contribution in [-0.4, -0.2) is 54.0 Å². The molecule has 0 bridgehead atoms. The van der Waals surface area contributed by atoms with E-state index in [-0.39, 0.29) is 16.6 Å². The summed E-state index contributed by atoms with van der Waals surface area (Å²) in [6, 6.07) is 8.94. The summed E-state index contributed by atoms with van der Waals surface area (Å²) in [5.41, 5.74) is 3.40. The molecule has 8 heteroatoms. The SMILES string of the molecule is Cc1cc(=O)[nH]c2ccc(NC(=O)c3cc(Cl)ncc3N3CCCC3CN(C)C)cc12. The zero-order valence-corrected chi connectivity index (χ0v) is 18.7. The second-order valence-electron chi connectivity index (χ2n) is 8.31. The number of nitrogens with zero attached hydrogens (tertiary/aromatic N) is 3. The number of aryl methyl sites for hydroxylation is 1. The van der Waals surface area contributed by atoms with Gasteiger partial charge in [0.05, 0.1) is 17.4 Å². The Kier molecular flexibility index (Phi) is 5.98. The fourth-order valence-corrected chi connectivity index (χ4v) is 4.45. The number of amides is 1. The van der Waals surface area contributed by atoms with E-state index in [1.165, 1.54) is 0 Å². The monoisotopic (exact) mass is 439 g/mol. The molecule has 0 saturated carbocycles. The van der Waals surface area contributed by atoms with Gasteiger partial charge in [-0.1, -0.05) is 11.6 Å². The van der Waals surface area contributed by atoms with Crippen molar-refractivity contribution in [1.29, 1.82) is 0 Å². The summed E-state index contributed by atoms with van der Waals surface area (Å²) in [6.45, 7) is 3.67. The molecule has 1 aliphatic rings. The maximum absolute atomic E-state index is 13.3. The van der Waals surface area contributed by atoms with Crippen molar-refractivity contribution in [2.45, 2.75) is 25.8 Å². The summed E-state index contributed by atoms with van der Waals surface area (Å²) >= 11 is 6.15. The number of aromatic nitrogens is 2. The molecule has 0 aliphatic carbocycles. The Bertz CT molecular complexity index is 1190. The molecule has 1 aliphatic heterocycles. The van der Waals surface area contributed by atoms with Gasteiger partial charge in [0.15, 0.2) is 0 Å². The van der Waals surface area contributed by atoms with E-state index in [1.54, 1.807) is 30.5 Å². The van der Waals surface area contributed by atoms with Gasteiger partial charge >= 0.3 is 0 Å². The third-order valence-electron chi connectivity index (χ3n) is 5.66. The average molecular weight is 440 g/mol. The molecular weight excluding hydrogens is 414 g/mol. The summed E-state index contributed by atoms with van der Waals surface area (Å²) in [7, 11) is 4.11. The van der Waals surface area contributed by atoms with Gasteiger partial charge in [0.25, 0.3) is 5.91 Å². The molecule has 162 valence electrons. The minimum absolute atomic E-state index is 0.143. The lowest BCUT2D eigenvalue weighted by Gasteiger charge is -2.30. The molecule has 1 atom stereocenters. The largest absolute Gasteiger partial charge is 0.365 e. The Labute approximate surface area is 186 Å². The van der Waals surface area contributed by atoms with Crippen molar-refractivity contribution in [1.82, 2.24) is 14.9 Å². The number of halogens is 1. The quantitative estimate of drug-likeness (QED) is 0.593. The minimum Gasteiger partial charge on any atom is -0.365 e. The van der Waals surface area contributed by atoms with E-state index in [0.717, 1.165) is 48.1 Å². The van der Waals surface area contributed by atoms with Gasteiger partial charge in [0.1, 0.15) is 5.15 Å². The topological polar surface area (TPSA) is 81.3 Å². The molecule has 4 rings (SSSR count). The standard InChI is InChI=1S/C23H26ClN5O2/c1-14-9-22(30)27-19-7-6-15(10-17(14)19)26-23(31)18-11-21(24)25-12-20(18)29-8-4-5-16(29)13-28(2)3/h6-7,9-12,16H,4-5,8,13H2,1-3H3,(H,26,31)(H,27,30). The molecule has 31 heavy (non-hydrogen) atoms. The van der Waals surface area contributed by atoms with Crippen LogP contribution >= 0.6 is 11.6 Å². The maximum Gasteiger partial charge on any atom is 0.257 e. The van der Waals surface area contributed by atoms with Gasteiger partial charge in [-0.2, -0.15) is 0 Å². The van der Waals surface area contributed by atoms with Crippen LogP contribution in [0.1, 0.15) is 28.8 Å². The van der Waals surface area contributed by atoms with Crippen molar-refractivity contribution < 1.29 is 4.79 Å². The van der Waals surface area contributed by atoms with E-state index in [0.29, 0.717) is 17.3 Å². The summed E-state index contributed by atoms with van der Waals surface area (Å²) < 4.78 is 0. The summed E-state index contributed by atoms with van der Waals surface area (Å²) in [4.78, 5) is 36.4. The molecule has 1 aromatic carbocycles. The molecule has 1 fully saturated rings. The second kappa shape index (κ2) is 8.69. The molecule has 1 unspecified atom stereocenters. The number of aromatic amines is 1. The van der Waals surface area contributed by atoms with E-state index < -0.39 is 0 Å². The highest BCUT2D eigenvalue weighted by Gasteiger charge is 2.29. The molecule has 1 saturated heterocycles. The Morgan fingerprint density at radius 1 is 1.32 bits per heavy atom. The van der Waals surface area contributed by atoms with E-state index >= 15 is 0 Å². The number of carbonyl (C=O) groups is 1. The van der Waals surface area contributed by atoms with Crippen LogP contribution < -0.4 is 15.8 Å². The van der Waals surface area contributed by atoms with Crippen LogP contribution in [0.25, 0.3) is 10.9 Å². The van der Waals surface area contributed by atoms with Crippen LogP contribution in [-0.2, 0) is 0 Å². The molecule has 1 amide bonds. The Morgan fingerprint density at radius 2 is 2.13 bits per heavy atom. The van der Waals surface area contributed by atoms with Gasteiger partial charge in [-0.15, -0.1) is 0 Å². The van der Waals surface area contributed by atoms with Crippen LogP contribution in [0.2, 0.25) is 5.15 Å². The third kappa shape index (κ3) is 4.57. The lowest BCUT2D eigenvalue weighted by Crippen LogP contribution is -2.38. The van der Waals surface area contributed by atoms with Crippen molar-refractivity contribution in [3.8, 4) is 0 Å². The zero-order valence-electron chi connectivity index (χ0n) is 17.9.